The van der Waals surface area contributed by atoms with E-state index in [0.29, 0.717) is 6.61 Å². The van der Waals surface area contributed by atoms with E-state index < -0.39 is 16.0 Å². The van der Waals surface area contributed by atoms with Gasteiger partial charge in [-0.15, -0.1) is 0 Å². The van der Waals surface area contributed by atoms with Gasteiger partial charge in [0.15, 0.2) is 0 Å². The molecule has 1 unspecified atom stereocenters. The fourth-order valence-electron chi connectivity index (χ4n) is 1.56. The lowest BCUT2D eigenvalue weighted by Crippen LogP contribution is -2.35. The second-order valence-corrected chi connectivity index (χ2v) is 5.66. The molecule has 1 aliphatic rings. The van der Waals surface area contributed by atoms with Gasteiger partial charge < -0.3 is 9.84 Å². The van der Waals surface area contributed by atoms with E-state index in [1.807, 2.05) is 0 Å². The van der Waals surface area contributed by atoms with Gasteiger partial charge in [-0.3, -0.25) is 4.79 Å². The maximum atomic E-state index is 11.5. The van der Waals surface area contributed by atoms with Gasteiger partial charge in [0.25, 0.3) is 0 Å². The van der Waals surface area contributed by atoms with E-state index in [4.69, 9.17) is 9.84 Å². The van der Waals surface area contributed by atoms with Gasteiger partial charge in [0.2, 0.25) is 10.0 Å². The molecule has 1 aliphatic heterocycles. The standard InChI is InChI=1S/C9H17NO5S/c11-9(12)4-5-10-16(13,14)7-8-3-1-2-6-15-8/h8,10H,1-7H2,(H,11,12). The normalized spacial score (nSPS) is 21.9. The summed E-state index contributed by atoms with van der Waals surface area (Å²) in [5, 5.41) is 8.37. The average molecular weight is 251 g/mol. The minimum atomic E-state index is -3.42. The molecule has 0 saturated carbocycles. The maximum Gasteiger partial charge on any atom is 0.304 e. The predicted molar refractivity (Wildman–Crippen MR) is 57.6 cm³/mol. The highest BCUT2D eigenvalue weighted by molar-refractivity contribution is 7.89. The largest absolute Gasteiger partial charge is 0.481 e. The molecule has 16 heavy (non-hydrogen) atoms. The summed E-state index contributed by atoms with van der Waals surface area (Å²) >= 11 is 0. The number of carboxylic acids is 1. The average Bonchev–Trinajstić information content (AvgIpc) is 2.17. The third kappa shape index (κ3) is 5.43. The molecule has 1 heterocycles. The molecule has 6 nitrogen and oxygen atoms in total. The molecular formula is C9H17NO5S. The van der Waals surface area contributed by atoms with Crippen LogP contribution in [0.3, 0.4) is 0 Å². The van der Waals surface area contributed by atoms with Crippen LogP contribution in [0.5, 0.6) is 0 Å². The first-order valence-corrected chi connectivity index (χ1v) is 6.95. The van der Waals surface area contributed by atoms with Crippen LogP contribution in [0.15, 0.2) is 0 Å². The number of carboxylic acid groups (broad SMARTS) is 1. The molecule has 0 aromatic carbocycles. The summed E-state index contributed by atoms with van der Waals surface area (Å²) in [7, 11) is -3.42. The Hall–Kier alpha value is -0.660. The Morgan fingerprint density at radius 2 is 2.19 bits per heavy atom. The Kier molecular flexibility index (Phi) is 5.17. The molecule has 1 saturated heterocycles. The first kappa shape index (κ1) is 13.4. The lowest BCUT2D eigenvalue weighted by Gasteiger charge is -2.22. The molecule has 94 valence electrons. The number of hydrogen-bond acceptors (Lipinski definition) is 4. The van der Waals surface area contributed by atoms with E-state index in [1.165, 1.54) is 0 Å². The quantitative estimate of drug-likeness (QED) is 0.690. The summed E-state index contributed by atoms with van der Waals surface area (Å²) in [5.41, 5.74) is 0. The number of nitrogens with one attached hydrogen (secondary N) is 1. The Morgan fingerprint density at radius 1 is 1.44 bits per heavy atom. The molecule has 0 bridgehead atoms. The molecule has 1 fully saturated rings. The highest BCUT2D eigenvalue weighted by Gasteiger charge is 2.21. The Morgan fingerprint density at radius 3 is 2.75 bits per heavy atom. The van der Waals surface area contributed by atoms with E-state index in [2.05, 4.69) is 4.72 Å². The van der Waals surface area contributed by atoms with Gasteiger partial charge in [-0.1, -0.05) is 0 Å². The van der Waals surface area contributed by atoms with Gasteiger partial charge in [-0.25, -0.2) is 13.1 Å². The monoisotopic (exact) mass is 251 g/mol. The van der Waals surface area contributed by atoms with Gasteiger partial charge in [0, 0.05) is 13.2 Å². The zero-order valence-corrected chi connectivity index (χ0v) is 9.83. The highest BCUT2D eigenvalue weighted by atomic mass is 32.2. The van der Waals surface area contributed by atoms with Crippen molar-refractivity contribution in [3.8, 4) is 0 Å². The first-order chi connectivity index (χ1) is 7.49. The van der Waals surface area contributed by atoms with Gasteiger partial charge in [-0.05, 0) is 19.3 Å². The van der Waals surface area contributed by atoms with Crippen molar-refractivity contribution in [2.75, 3.05) is 18.9 Å². The number of carbonyl (C=O) groups is 1. The molecule has 0 radical (unpaired) electrons. The molecule has 7 heteroatoms. The SMILES string of the molecule is O=C(O)CCNS(=O)(=O)CC1CCCCO1. The fourth-order valence-corrected chi connectivity index (χ4v) is 2.84. The van der Waals surface area contributed by atoms with Crippen molar-refractivity contribution in [3.05, 3.63) is 0 Å². The van der Waals surface area contributed by atoms with E-state index >= 15 is 0 Å². The lowest BCUT2D eigenvalue weighted by atomic mass is 10.1. The van der Waals surface area contributed by atoms with E-state index in [1.54, 1.807) is 0 Å². The van der Waals surface area contributed by atoms with Gasteiger partial charge in [0.1, 0.15) is 0 Å². The summed E-state index contributed by atoms with van der Waals surface area (Å²) in [6.07, 6.45) is 2.25. The molecule has 0 aromatic heterocycles. The van der Waals surface area contributed by atoms with Crippen molar-refractivity contribution >= 4 is 16.0 Å². The molecule has 2 N–H and O–H groups in total. The topological polar surface area (TPSA) is 92.7 Å². The van der Waals surface area contributed by atoms with Crippen molar-refractivity contribution in [2.45, 2.75) is 31.8 Å². The minimum absolute atomic E-state index is 0.0651. The van der Waals surface area contributed by atoms with E-state index in [0.717, 1.165) is 19.3 Å². The predicted octanol–water partition coefficient (Wildman–Crippen LogP) is -0.0504. The number of aliphatic carboxylic acids is 1. The van der Waals surface area contributed by atoms with Crippen molar-refractivity contribution in [1.29, 1.82) is 0 Å². The second-order valence-electron chi connectivity index (χ2n) is 3.81. The van der Waals surface area contributed by atoms with Crippen LogP contribution in [-0.2, 0) is 19.6 Å². The van der Waals surface area contributed by atoms with Gasteiger partial charge >= 0.3 is 5.97 Å². The molecular weight excluding hydrogens is 234 g/mol. The van der Waals surface area contributed by atoms with Crippen LogP contribution in [0, 0.1) is 0 Å². The van der Waals surface area contributed by atoms with Crippen molar-refractivity contribution in [3.63, 3.8) is 0 Å². The number of ether oxygens (including phenoxy) is 1. The number of rotatable bonds is 6. The Bertz CT molecular complexity index is 321. The molecule has 0 aromatic rings. The van der Waals surface area contributed by atoms with Gasteiger partial charge in [0.05, 0.1) is 18.3 Å². The summed E-state index contributed by atoms with van der Waals surface area (Å²) < 4.78 is 30.5. The van der Waals surface area contributed by atoms with E-state index in [9.17, 15) is 13.2 Å². The zero-order chi connectivity index (χ0) is 12.0. The van der Waals surface area contributed by atoms with Crippen LogP contribution < -0.4 is 4.72 Å². The van der Waals surface area contributed by atoms with Crippen LogP contribution in [0.4, 0.5) is 0 Å². The second kappa shape index (κ2) is 6.17. The Balaban J connectivity index is 2.29. The van der Waals surface area contributed by atoms with Crippen molar-refractivity contribution in [2.24, 2.45) is 0 Å². The summed E-state index contributed by atoms with van der Waals surface area (Å²) in [4.78, 5) is 10.2. The molecule has 1 atom stereocenters. The summed E-state index contributed by atoms with van der Waals surface area (Å²) in [5.74, 6) is -1.09. The van der Waals surface area contributed by atoms with Crippen LogP contribution in [-0.4, -0.2) is 44.5 Å². The first-order valence-electron chi connectivity index (χ1n) is 5.30. The lowest BCUT2D eigenvalue weighted by molar-refractivity contribution is -0.136. The highest BCUT2D eigenvalue weighted by Crippen LogP contribution is 2.13. The minimum Gasteiger partial charge on any atom is -0.481 e. The van der Waals surface area contributed by atoms with E-state index in [-0.39, 0.29) is 24.8 Å². The van der Waals surface area contributed by atoms with Crippen LogP contribution in [0.1, 0.15) is 25.7 Å². The third-order valence-electron chi connectivity index (χ3n) is 2.34. The third-order valence-corrected chi connectivity index (χ3v) is 3.79. The molecule has 0 amide bonds. The van der Waals surface area contributed by atoms with Crippen LogP contribution in [0.25, 0.3) is 0 Å². The molecule has 1 rings (SSSR count). The smallest absolute Gasteiger partial charge is 0.304 e. The summed E-state index contributed by atoms with van der Waals surface area (Å²) in [6.45, 7) is 0.541. The molecule has 0 aliphatic carbocycles. The molecule has 0 spiro atoms. The zero-order valence-electron chi connectivity index (χ0n) is 9.02. The van der Waals surface area contributed by atoms with Crippen LogP contribution >= 0.6 is 0 Å². The number of sulfonamides is 1. The van der Waals surface area contributed by atoms with Crippen LogP contribution in [0.2, 0.25) is 0 Å². The van der Waals surface area contributed by atoms with Crippen molar-refractivity contribution < 1.29 is 23.1 Å². The summed E-state index contributed by atoms with van der Waals surface area (Å²) in [6, 6.07) is 0. The fraction of sp³-hybridized carbons (Fsp3) is 0.889. The maximum absolute atomic E-state index is 11.5. The number of hydrogen-bond donors (Lipinski definition) is 2. The van der Waals surface area contributed by atoms with Crippen molar-refractivity contribution in [1.82, 2.24) is 4.72 Å². The van der Waals surface area contributed by atoms with Gasteiger partial charge in [-0.2, -0.15) is 0 Å². The Labute approximate surface area is 95.0 Å².